The predicted octanol–water partition coefficient (Wildman–Crippen LogP) is 2.21. The van der Waals surface area contributed by atoms with Crippen LogP contribution in [0.2, 0.25) is 0 Å². The van der Waals surface area contributed by atoms with Crippen molar-refractivity contribution >= 4 is 5.78 Å². The van der Waals surface area contributed by atoms with Crippen molar-refractivity contribution < 1.29 is 4.79 Å². The first-order valence-corrected chi connectivity index (χ1v) is 6.67. The molecule has 0 aromatic heterocycles. The van der Waals surface area contributed by atoms with Crippen LogP contribution in [-0.2, 0) is 0 Å². The smallest absolute Gasteiger partial charge is 0.189 e. The predicted molar refractivity (Wildman–Crippen MR) is 71.2 cm³/mol. The molecule has 1 aromatic rings. The molecule has 1 saturated heterocycles. The molecule has 3 heteroatoms. The van der Waals surface area contributed by atoms with Crippen LogP contribution in [0.1, 0.15) is 36.0 Å². The lowest BCUT2D eigenvalue weighted by molar-refractivity contribution is 0.104. The Balaban J connectivity index is 1.72. The number of benzene rings is 1. The molecule has 1 saturated carbocycles. The summed E-state index contributed by atoms with van der Waals surface area (Å²) >= 11 is 0. The minimum Gasteiger partial charge on any atom is -0.367 e. The van der Waals surface area contributed by atoms with Gasteiger partial charge in [0.2, 0.25) is 0 Å². The van der Waals surface area contributed by atoms with Gasteiger partial charge < -0.3 is 10.6 Å². The molecule has 2 N–H and O–H groups in total. The van der Waals surface area contributed by atoms with Gasteiger partial charge in [0.25, 0.3) is 0 Å². The van der Waals surface area contributed by atoms with Crippen molar-refractivity contribution in [1.29, 1.82) is 0 Å². The van der Waals surface area contributed by atoms with E-state index in [2.05, 4.69) is 10.6 Å². The van der Waals surface area contributed by atoms with Crippen LogP contribution in [0, 0.1) is 0 Å². The second kappa shape index (κ2) is 4.84. The first kappa shape index (κ1) is 11.3. The van der Waals surface area contributed by atoms with Crippen LogP contribution in [0.5, 0.6) is 0 Å². The molecule has 1 aliphatic carbocycles. The molecule has 0 unspecified atom stereocenters. The Kier molecular flexibility index (Phi) is 3.05. The number of carbonyl (C=O) groups is 1. The summed E-state index contributed by atoms with van der Waals surface area (Å²) in [5, 5.41) is 6.85. The molecule has 2 fully saturated rings. The van der Waals surface area contributed by atoms with Gasteiger partial charge in [-0.2, -0.15) is 0 Å². The Hall–Kier alpha value is -1.77. The maximum atomic E-state index is 12.0. The van der Waals surface area contributed by atoms with Crippen molar-refractivity contribution in [3.8, 4) is 0 Å². The van der Waals surface area contributed by atoms with Crippen LogP contribution < -0.4 is 10.6 Å². The lowest BCUT2D eigenvalue weighted by atomic mass is 9.92. The normalized spacial score (nSPS) is 28.3. The average Bonchev–Trinajstić information content (AvgIpc) is 2.82. The van der Waals surface area contributed by atoms with E-state index >= 15 is 0 Å². The van der Waals surface area contributed by atoms with Crippen molar-refractivity contribution in [3.05, 3.63) is 47.8 Å². The maximum absolute atomic E-state index is 12.0. The van der Waals surface area contributed by atoms with E-state index in [1.54, 1.807) is 6.08 Å². The van der Waals surface area contributed by atoms with Gasteiger partial charge in [-0.3, -0.25) is 4.79 Å². The second-order valence-corrected chi connectivity index (χ2v) is 5.07. The Morgan fingerprint density at radius 1 is 1.06 bits per heavy atom. The van der Waals surface area contributed by atoms with Gasteiger partial charge in [-0.15, -0.1) is 0 Å². The van der Waals surface area contributed by atoms with Crippen molar-refractivity contribution in [2.24, 2.45) is 0 Å². The van der Waals surface area contributed by atoms with E-state index in [1.165, 1.54) is 25.7 Å². The number of rotatable bonds is 2. The standard InChI is InChI=1S/C15H18N2O/c18-14(11-6-2-1-3-7-11)10-15-16-12-8-4-5-9-13(12)17-15/h1-3,6-7,10,12-13,16-17H,4-5,8-9H2/t12-,13+. The molecule has 1 heterocycles. The molecule has 1 aromatic carbocycles. The summed E-state index contributed by atoms with van der Waals surface area (Å²) in [6, 6.07) is 10.4. The Bertz CT molecular complexity index is 451. The minimum absolute atomic E-state index is 0.0595. The lowest BCUT2D eigenvalue weighted by Crippen LogP contribution is -2.36. The van der Waals surface area contributed by atoms with Crippen molar-refractivity contribution in [3.63, 3.8) is 0 Å². The molecular formula is C15H18N2O. The van der Waals surface area contributed by atoms with Crippen LogP contribution >= 0.6 is 0 Å². The Morgan fingerprint density at radius 3 is 2.28 bits per heavy atom. The fourth-order valence-electron chi connectivity index (χ4n) is 2.82. The Labute approximate surface area is 107 Å². The summed E-state index contributed by atoms with van der Waals surface area (Å²) in [5.74, 6) is 0.949. The third kappa shape index (κ3) is 2.26. The molecule has 1 aliphatic heterocycles. The first-order valence-electron chi connectivity index (χ1n) is 6.67. The van der Waals surface area contributed by atoms with E-state index in [4.69, 9.17) is 0 Å². The van der Waals surface area contributed by atoms with Crippen LogP contribution in [0.15, 0.2) is 42.2 Å². The number of fused-ring (bicyclic) bond motifs is 1. The lowest BCUT2D eigenvalue weighted by Gasteiger charge is -2.23. The topological polar surface area (TPSA) is 41.1 Å². The van der Waals surface area contributed by atoms with Crippen LogP contribution in [0.25, 0.3) is 0 Å². The summed E-state index contributed by atoms with van der Waals surface area (Å²) in [4.78, 5) is 12.0. The molecule has 0 amide bonds. The van der Waals surface area contributed by atoms with Crippen LogP contribution in [-0.4, -0.2) is 17.9 Å². The van der Waals surface area contributed by atoms with Gasteiger partial charge in [0.15, 0.2) is 5.78 Å². The molecule has 0 radical (unpaired) electrons. The zero-order valence-corrected chi connectivity index (χ0v) is 10.4. The molecule has 0 spiro atoms. The van der Waals surface area contributed by atoms with E-state index in [0.29, 0.717) is 12.1 Å². The quantitative estimate of drug-likeness (QED) is 0.617. The van der Waals surface area contributed by atoms with Crippen molar-refractivity contribution in [1.82, 2.24) is 10.6 Å². The van der Waals surface area contributed by atoms with Crippen molar-refractivity contribution in [2.75, 3.05) is 0 Å². The van der Waals surface area contributed by atoms with Gasteiger partial charge >= 0.3 is 0 Å². The third-order valence-corrected chi connectivity index (χ3v) is 3.78. The highest BCUT2D eigenvalue weighted by Gasteiger charge is 2.31. The highest BCUT2D eigenvalue weighted by molar-refractivity contribution is 6.04. The third-order valence-electron chi connectivity index (χ3n) is 3.78. The summed E-state index contributed by atoms with van der Waals surface area (Å²) in [6.45, 7) is 0. The summed E-state index contributed by atoms with van der Waals surface area (Å²) in [6.07, 6.45) is 6.67. The van der Waals surface area contributed by atoms with Crippen molar-refractivity contribution in [2.45, 2.75) is 37.8 Å². The number of allylic oxidation sites excluding steroid dienone is 1. The van der Waals surface area contributed by atoms with E-state index in [9.17, 15) is 4.79 Å². The number of ketones is 1. The highest BCUT2D eigenvalue weighted by atomic mass is 16.1. The molecule has 18 heavy (non-hydrogen) atoms. The number of hydrogen-bond acceptors (Lipinski definition) is 3. The van der Waals surface area contributed by atoms with E-state index in [0.717, 1.165) is 11.4 Å². The summed E-state index contributed by atoms with van der Waals surface area (Å²) in [7, 11) is 0. The molecule has 2 aliphatic rings. The SMILES string of the molecule is O=C(C=C1N[C@H]2CCCC[C@H]2N1)c1ccccc1. The molecule has 3 nitrogen and oxygen atoms in total. The van der Waals surface area contributed by atoms with Crippen LogP contribution in [0.4, 0.5) is 0 Å². The summed E-state index contributed by atoms with van der Waals surface area (Å²) in [5.41, 5.74) is 0.739. The zero-order chi connectivity index (χ0) is 12.4. The fourth-order valence-corrected chi connectivity index (χ4v) is 2.82. The largest absolute Gasteiger partial charge is 0.367 e. The van der Waals surface area contributed by atoms with Gasteiger partial charge in [0.05, 0.1) is 0 Å². The number of nitrogens with one attached hydrogen (secondary N) is 2. The first-order chi connectivity index (χ1) is 8.83. The molecule has 0 bridgehead atoms. The van der Waals surface area contributed by atoms with Gasteiger partial charge in [-0.25, -0.2) is 0 Å². The zero-order valence-electron chi connectivity index (χ0n) is 10.4. The minimum atomic E-state index is 0.0595. The van der Waals surface area contributed by atoms with Gasteiger partial charge in [0.1, 0.15) is 5.82 Å². The monoisotopic (exact) mass is 242 g/mol. The summed E-state index contributed by atoms with van der Waals surface area (Å²) < 4.78 is 0. The molecule has 3 rings (SSSR count). The van der Waals surface area contributed by atoms with E-state index in [1.807, 2.05) is 30.3 Å². The van der Waals surface area contributed by atoms with E-state index < -0.39 is 0 Å². The van der Waals surface area contributed by atoms with Gasteiger partial charge in [-0.05, 0) is 12.8 Å². The maximum Gasteiger partial charge on any atom is 0.189 e. The second-order valence-electron chi connectivity index (χ2n) is 5.07. The fraction of sp³-hybridized carbons (Fsp3) is 0.400. The van der Waals surface area contributed by atoms with Gasteiger partial charge in [0, 0.05) is 23.7 Å². The highest BCUT2D eigenvalue weighted by Crippen LogP contribution is 2.23. The van der Waals surface area contributed by atoms with Gasteiger partial charge in [-0.1, -0.05) is 43.2 Å². The molecular weight excluding hydrogens is 224 g/mol. The van der Waals surface area contributed by atoms with E-state index in [-0.39, 0.29) is 5.78 Å². The molecule has 2 atom stereocenters. The Morgan fingerprint density at radius 2 is 1.67 bits per heavy atom. The molecule has 94 valence electrons. The van der Waals surface area contributed by atoms with Crippen LogP contribution in [0.3, 0.4) is 0 Å². The number of hydrogen-bond donors (Lipinski definition) is 2. The number of carbonyl (C=O) groups excluding carboxylic acids is 1. The average molecular weight is 242 g/mol.